The summed E-state index contributed by atoms with van der Waals surface area (Å²) in [7, 11) is 0. The van der Waals surface area contributed by atoms with Crippen LogP contribution < -0.4 is 5.32 Å². The van der Waals surface area contributed by atoms with Crippen molar-refractivity contribution in [3.8, 4) is 0 Å². The molecule has 0 aliphatic carbocycles. The van der Waals surface area contributed by atoms with Crippen molar-refractivity contribution in [1.29, 1.82) is 0 Å². The smallest absolute Gasteiger partial charge is 0.335 e. The number of hydrogen-bond acceptors (Lipinski definition) is 5. The number of nitrogens with zero attached hydrogens (tertiary/aromatic N) is 3. The molecule has 216 valence electrons. The maximum absolute atomic E-state index is 12.4. The summed E-state index contributed by atoms with van der Waals surface area (Å²) >= 11 is 6.75. The first-order valence-electron chi connectivity index (χ1n) is 13.6. The molecule has 4 rings (SSSR count). The highest BCUT2D eigenvalue weighted by Crippen LogP contribution is 2.19. The molecule has 2 aliphatic heterocycles. The Hall–Kier alpha value is -1.78. The lowest BCUT2D eigenvalue weighted by atomic mass is 10.1. The molecule has 2 fully saturated rings. The zero-order valence-corrected chi connectivity index (χ0v) is 27.3. The van der Waals surface area contributed by atoms with E-state index in [4.69, 9.17) is 5.11 Å². The minimum Gasteiger partial charge on any atom is -0.478 e. The topological polar surface area (TPSA) is 76.1 Å². The summed E-state index contributed by atoms with van der Waals surface area (Å²) in [5.74, 6) is -0.736. The average molecular weight is 669 g/mol. The molecule has 2 aromatic rings. The van der Waals surface area contributed by atoms with Crippen molar-refractivity contribution in [3.05, 3.63) is 67.6 Å². The summed E-state index contributed by atoms with van der Waals surface area (Å²) in [5.41, 5.74) is 3.15. The number of rotatable bonds is 4. The Morgan fingerprint density at radius 1 is 0.744 bits per heavy atom. The Balaban J connectivity index is 0.000000226. The first-order valence-corrected chi connectivity index (χ1v) is 15.2. The van der Waals surface area contributed by atoms with E-state index in [-0.39, 0.29) is 5.91 Å². The third-order valence-corrected chi connectivity index (χ3v) is 8.80. The number of nitrogens with one attached hydrogen (secondary N) is 1. The number of carboxylic acids is 1. The van der Waals surface area contributed by atoms with Gasteiger partial charge in [-0.1, -0.05) is 31.9 Å². The van der Waals surface area contributed by atoms with E-state index < -0.39 is 5.97 Å². The van der Waals surface area contributed by atoms with Crippen LogP contribution in [0.3, 0.4) is 0 Å². The molecule has 1 amide bonds. The van der Waals surface area contributed by atoms with Crippen LogP contribution in [-0.2, 0) is 0 Å². The van der Waals surface area contributed by atoms with Crippen molar-refractivity contribution >= 4 is 43.7 Å². The molecule has 0 atom stereocenters. The van der Waals surface area contributed by atoms with E-state index in [1.165, 1.54) is 13.1 Å². The van der Waals surface area contributed by atoms with Crippen LogP contribution >= 0.6 is 31.9 Å². The van der Waals surface area contributed by atoms with E-state index in [1.54, 1.807) is 18.2 Å². The van der Waals surface area contributed by atoms with Crippen LogP contribution in [0.5, 0.6) is 0 Å². The zero-order chi connectivity index (χ0) is 29.1. The molecule has 2 aliphatic rings. The number of carboxylic acid groups (broad SMARTS) is 1. The van der Waals surface area contributed by atoms with Gasteiger partial charge in [-0.3, -0.25) is 14.6 Å². The van der Waals surface area contributed by atoms with E-state index in [0.29, 0.717) is 11.6 Å². The van der Waals surface area contributed by atoms with Gasteiger partial charge in [0.1, 0.15) is 0 Å². The summed E-state index contributed by atoms with van der Waals surface area (Å²) in [5, 5.41) is 11.9. The number of aromatic carboxylic acids is 1. The maximum Gasteiger partial charge on any atom is 0.335 e. The van der Waals surface area contributed by atoms with Gasteiger partial charge in [0, 0.05) is 79.0 Å². The first-order chi connectivity index (χ1) is 18.4. The molecule has 0 bridgehead atoms. The van der Waals surface area contributed by atoms with Gasteiger partial charge in [0.25, 0.3) is 5.91 Å². The Bertz CT molecular complexity index is 1080. The number of halogens is 2. The predicted molar refractivity (Wildman–Crippen MR) is 167 cm³/mol. The van der Waals surface area contributed by atoms with Gasteiger partial charge in [0.15, 0.2) is 0 Å². The van der Waals surface area contributed by atoms with Crippen LogP contribution in [0.4, 0.5) is 0 Å². The molecule has 0 saturated carbocycles. The second kappa shape index (κ2) is 16.5. The summed E-state index contributed by atoms with van der Waals surface area (Å²) in [6, 6.07) is 12.0. The lowest BCUT2D eigenvalue weighted by Crippen LogP contribution is -2.50. The maximum atomic E-state index is 12.4. The fourth-order valence-corrected chi connectivity index (χ4v) is 4.87. The molecule has 0 spiro atoms. The summed E-state index contributed by atoms with van der Waals surface area (Å²) in [6.07, 6.45) is 0. The zero-order valence-electron chi connectivity index (χ0n) is 24.1. The van der Waals surface area contributed by atoms with Gasteiger partial charge in [-0.15, -0.1) is 0 Å². The molecule has 2 heterocycles. The van der Waals surface area contributed by atoms with Crippen molar-refractivity contribution in [2.45, 2.75) is 53.6 Å². The van der Waals surface area contributed by atoms with Crippen molar-refractivity contribution < 1.29 is 14.7 Å². The van der Waals surface area contributed by atoms with E-state index >= 15 is 0 Å². The molecule has 9 heteroatoms. The van der Waals surface area contributed by atoms with E-state index in [9.17, 15) is 9.59 Å². The van der Waals surface area contributed by atoms with Gasteiger partial charge in [0.05, 0.1) is 5.56 Å². The van der Waals surface area contributed by atoms with Gasteiger partial charge in [-0.05, 0) is 89.1 Å². The third kappa shape index (κ3) is 11.0. The molecule has 2 aromatic carbocycles. The number of amides is 1. The lowest BCUT2D eigenvalue weighted by Gasteiger charge is -2.37. The van der Waals surface area contributed by atoms with Gasteiger partial charge >= 0.3 is 5.97 Å². The van der Waals surface area contributed by atoms with Gasteiger partial charge in [-0.25, -0.2) is 4.79 Å². The number of aryl methyl sites for hydroxylation is 2. The van der Waals surface area contributed by atoms with Crippen LogP contribution in [0, 0.1) is 13.8 Å². The van der Waals surface area contributed by atoms with Crippen LogP contribution in [0.25, 0.3) is 0 Å². The predicted octanol–water partition coefficient (Wildman–Crippen LogP) is 5.68. The van der Waals surface area contributed by atoms with Crippen LogP contribution in [0.2, 0.25) is 0 Å². The van der Waals surface area contributed by atoms with Crippen molar-refractivity contribution in [3.63, 3.8) is 0 Å². The molecule has 0 unspecified atom stereocenters. The number of piperazine rings is 2. The quantitative estimate of drug-likeness (QED) is 0.437. The minimum atomic E-state index is -0.888. The first kappa shape index (κ1) is 33.4. The number of carbonyl (C=O) groups excluding carboxylic acids is 1. The highest BCUT2D eigenvalue weighted by Gasteiger charge is 2.23. The van der Waals surface area contributed by atoms with Crippen LogP contribution in [0.1, 0.15) is 59.5 Å². The fraction of sp³-hybridized carbons (Fsp3) is 0.533. The van der Waals surface area contributed by atoms with E-state index in [0.717, 1.165) is 70.9 Å². The molecule has 7 nitrogen and oxygen atoms in total. The van der Waals surface area contributed by atoms with E-state index in [1.807, 2.05) is 36.9 Å². The second-order valence-corrected chi connectivity index (χ2v) is 12.2. The summed E-state index contributed by atoms with van der Waals surface area (Å²) in [4.78, 5) is 29.8. The normalized spacial score (nSPS) is 16.3. The second-order valence-electron chi connectivity index (χ2n) is 10.5. The third-order valence-electron chi connectivity index (χ3n) is 7.02. The van der Waals surface area contributed by atoms with Crippen LogP contribution in [0.15, 0.2) is 45.3 Å². The lowest BCUT2D eigenvalue weighted by molar-refractivity contribution is 0.0595. The standard InChI is InChI=1S/C15H21BrN2O.C8H7BrO2.C7H16N2/c1-11(2)17-6-8-18(9-7-17)15(19)13-4-5-14(16)12(3)10-13;1-5-4-6(8(10)11)2-3-7(5)9;1-7(2)9-5-3-8-4-6-9/h4-5,10-11H,6-9H2,1-3H3;2-4H,1H3,(H,10,11);7-8H,3-6H2,1-2H3. The Morgan fingerprint density at radius 3 is 1.59 bits per heavy atom. The van der Waals surface area contributed by atoms with Gasteiger partial charge < -0.3 is 15.3 Å². The number of hydrogen-bond donors (Lipinski definition) is 2. The molecule has 2 saturated heterocycles. The molecule has 0 aromatic heterocycles. The molecule has 2 N–H and O–H groups in total. The Morgan fingerprint density at radius 2 is 1.18 bits per heavy atom. The molecular formula is C30H44Br2N4O3. The number of carbonyl (C=O) groups is 2. The van der Waals surface area contributed by atoms with E-state index in [2.05, 4.69) is 74.7 Å². The highest BCUT2D eigenvalue weighted by molar-refractivity contribution is 9.10. The van der Waals surface area contributed by atoms with Crippen molar-refractivity contribution in [2.24, 2.45) is 0 Å². The Kier molecular flexibility index (Phi) is 14.1. The Labute approximate surface area is 251 Å². The largest absolute Gasteiger partial charge is 0.478 e. The molecule has 0 radical (unpaired) electrons. The SMILES string of the molecule is CC(C)N1CCNCC1.Cc1cc(C(=O)N2CCN(C(C)C)CC2)ccc1Br.Cc1cc(C(=O)O)ccc1Br. The van der Waals surface area contributed by atoms with Crippen molar-refractivity contribution in [1.82, 2.24) is 20.0 Å². The fourth-order valence-electron chi connectivity index (χ4n) is 4.38. The highest BCUT2D eigenvalue weighted by atomic mass is 79.9. The average Bonchev–Trinajstić information content (AvgIpc) is 2.92. The monoisotopic (exact) mass is 666 g/mol. The molecule has 39 heavy (non-hydrogen) atoms. The van der Waals surface area contributed by atoms with Crippen LogP contribution in [-0.4, -0.2) is 96.1 Å². The van der Waals surface area contributed by atoms with Crippen molar-refractivity contribution in [2.75, 3.05) is 52.4 Å². The molecular weight excluding hydrogens is 624 g/mol. The summed E-state index contributed by atoms with van der Waals surface area (Å²) in [6.45, 7) is 21.2. The van der Waals surface area contributed by atoms with Gasteiger partial charge in [-0.2, -0.15) is 0 Å². The van der Waals surface area contributed by atoms with Gasteiger partial charge in [0.2, 0.25) is 0 Å². The summed E-state index contributed by atoms with van der Waals surface area (Å²) < 4.78 is 1.98. The number of benzene rings is 2. The minimum absolute atomic E-state index is 0.152.